The van der Waals surface area contributed by atoms with E-state index in [9.17, 15) is 5.11 Å². The van der Waals surface area contributed by atoms with Crippen molar-refractivity contribution in [2.24, 2.45) is 5.92 Å². The SMILES string of the molecule is CC(C)CN1CCN(CC(O)COCc2ccco2)CC1. The number of piperazine rings is 1. The summed E-state index contributed by atoms with van der Waals surface area (Å²) < 4.78 is 10.7. The Hall–Kier alpha value is -0.880. The lowest BCUT2D eigenvalue weighted by Gasteiger charge is -2.36. The van der Waals surface area contributed by atoms with E-state index in [-0.39, 0.29) is 0 Å². The normalized spacial score (nSPS) is 19.2. The molecule has 1 aromatic rings. The van der Waals surface area contributed by atoms with Crippen LogP contribution in [-0.4, -0.2) is 66.9 Å². The zero-order valence-corrected chi connectivity index (χ0v) is 13.2. The summed E-state index contributed by atoms with van der Waals surface area (Å²) in [5.74, 6) is 1.52. The Morgan fingerprint density at radius 2 is 1.86 bits per heavy atom. The van der Waals surface area contributed by atoms with Gasteiger partial charge in [0.1, 0.15) is 12.4 Å². The second-order valence-electron chi connectivity index (χ2n) is 6.24. The number of furan rings is 1. The van der Waals surface area contributed by atoms with E-state index in [1.165, 1.54) is 6.54 Å². The molecule has 1 unspecified atom stereocenters. The first-order valence-corrected chi connectivity index (χ1v) is 7.86. The largest absolute Gasteiger partial charge is 0.467 e. The van der Waals surface area contributed by atoms with Crippen LogP contribution in [0.4, 0.5) is 0 Å². The number of ether oxygens (including phenoxy) is 1. The second kappa shape index (κ2) is 8.54. The van der Waals surface area contributed by atoms with Gasteiger partial charge in [-0.15, -0.1) is 0 Å². The molecule has 21 heavy (non-hydrogen) atoms. The molecule has 0 amide bonds. The standard InChI is InChI=1S/C16H28N2O3/c1-14(2)10-17-5-7-18(8-6-17)11-15(19)12-20-13-16-4-3-9-21-16/h3-4,9,14-15,19H,5-8,10-13H2,1-2H3. The number of aliphatic hydroxyl groups is 1. The maximum Gasteiger partial charge on any atom is 0.129 e. The third-order valence-electron chi connectivity index (χ3n) is 3.69. The van der Waals surface area contributed by atoms with Crippen LogP contribution in [0, 0.1) is 5.92 Å². The van der Waals surface area contributed by atoms with Crippen LogP contribution >= 0.6 is 0 Å². The van der Waals surface area contributed by atoms with Gasteiger partial charge in [-0.2, -0.15) is 0 Å². The molecule has 1 N–H and O–H groups in total. The highest BCUT2D eigenvalue weighted by Crippen LogP contribution is 2.07. The van der Waals surface area contributed by atoms with E-state index in [4.69, 9.17) is 9.15 Å². The molecule has 1 saturated heterocycles. The first kappa shape index (κ1) is 16.5. The molecule has 0 aromatic carbocycles. The van der Waals surface area contributed by atoms with Crippen molar-refractivity contribution in [2.45, 2.75) is 26.6 Å². The Bertz CT molecular complexity index is 373. The molecule has 0 saturated carbocycles. The highest BCUT2D eigenvalue weighted by atomic mass is 16.5. The van der Waals surface area contributed by atoms with Crippen molar-refractivity contribution in [1.29, 1.82) is 0 Å². The van der Waals surface area contributed by atoms with E-state index in [1.807, 2.05) is 12.1 Å². The Morgan fingerprint density at radius 3 is 2.43 bits per heavy atom. The van der Waals surface area contributed by atoms with E-state index in [1.54, 1.807) is 6.26 Å². The smallest absolute Gasteiger partial charge is 0.129 e. The fourth-order valence-electron chi connectivity index (χ4n) is 2.71. The number of hydrogen-bond donors (Lipinski definition) is 1. The fraction of sp³-hybridized carbons (Fsp3) is 0.750. The molecule has 120 valence electrons. The van der Waals surface area contributed by atoms with Crippen LogP contribution in [0.3, 0.4) is 0 Å². The number of nitrogens with zero attached hydrogens (tertiary/aromatic N) is 2. The van der Waals surface area contributed by atoms with E-state index in [2.05, 4.69) is 23.6 Å². The van der Waals surface area contributed by atoms with Crippen LogP contribution < -0.4 is 0 Å². The minimum atomic E-state index is -0.434. The van der Waals surface area contributed by atoms with Crippen LogP contribution in [-0.2, 0) is 11.3 Å². The molecule has 0 spiro atoms. The average Bonchev–Trinajstić information content (AvgIpc) is 2.93. The summed E-state index contributed by atoms with van der Waals surface area (Å²) in [6.45, 7) is 11.4. The predicted molar refractivity (Wildman–Crippen MR) is 82.1 cm³/mol. The van der Waals surface area contributed by atoms with Crippen molar-refractivity contribution < 1.29 is 14.3 Å². The topological polar surface area (TPSA) is 49.1 Å². The average molecular weight is 296 g/mol. The molecule has 1 fully saturated rings. The third-order valence-corrected chi connectivity index (χ3v) is 3.69. The Labute approximate surface area is 127 Å². The summed E-state index contributed by atoms with van der Waals surface area (Å²) in [5, 5.41) is 10.0. The number of hydrogen-bond acceptors (Lipinski definition) is 5. The minimum absolute atomic E-state index is 0.354. The molecule has 0 bridgehead atoms. The van der Waals surface area contributed by atoms with Crippen molar-refractivity contribution in [1.82, 2.24) is 9.80 Å². The summed E-state index contributed by atoms with van der Waals surface area (Å²) in [5.41, 5.74) is 0. The van der Waals surface area contributed by atoms with Gasteiger partial charge >= 0.3 is 0 Å². The summed E-state index contributed by atoms with van der Waals surface area (Å²) in [7, 11) is 0. The molecule has 5 nitrogen and oxygen atoms in total. The minimum Gasteiger partial charge on any atom is -0.467 e. The molecular formula is C16H28N2O3. The first-order valence-electron chi connectivity index (χ1n) is 7.86. The van der Waals surface area contributed by atoms with Gasteiger partial charge in [-0.3, -0.25) is 4.90 Å². The van der Waals surface area contributed by atoms with Gasteiger partial charge in [-0.05, 0) is 18.1 Å². The molecule has 0 radical (unpaired) electrons. The zero-order valence-electron chi connectivity index (χ0n) is 13.2. The van der Waals surface area contributed by atoms with Gasteiger partial charge in [0.15, 0.2) is 0 Å². The van der Waals surface area contributed by atoms with Crippen molar-refractivity contribution in [3.05, 3.63) is 24.2 Å². The van der Waals surface area contributed by atoms with Crippen LogP contribution in [0.1, 0.15) is 19.6 Å². The lowest BCUT2D eigenvalue weighted by Crippen LogP contribution is -2.49. The maximum atomic E-state index is 10.0. The zero-order chi connectivity index (χ0) is 15.1. The number of aliphatic hydroxyl groups excluding tert-OH is 1. The summed E-state index contributed by atoms with van der Waals surface area (Å²) in [4.78, 5) is 4.82. The van der Waals surface area contributed by atoms with Crippen LogP contribution in [0.25, 0.3) is 0 Å². The van der Waals surface area contributed by atoms with Gasteiger partial charge in [0.25, 0.3) is 0 Å². The van der Waals surface area contributed by atoms with Crippen molar-refractivity contribution in [3.63, 3.8) is 0 Å². The van der Waals surface area contributed by atoms with Gasteiger partial charge in [-0.1, -0.05) is 13.8 Å². The fourth-order valence-corrected chi connectivity index (χ4v) is 2.71. The highest BCUT2D eigenvalue weighted by molar-refractivity contribution is 4.96. The van der Waals surface area contributed by atoms with E-state index in [0.29, 0.717) is 19.8 Å². The molecule has 1 aliphatic rings. The lowest BCUT2D eigenvalue weighted by atomic mass is 10.2. The maximum absolute atomic E-state index is 10.0. The summed E-state index contributed by atoms with van der Waals surface area (Å²) in [6.07, 6.45) is 1.20. The van der Waals surface area contributed by atoms with Crippen LogP contribution in [0.5, 0.6) is 0 Å². The molecule has 1 atom stereocenters. The number of rotatable bonds is 8. The van der Waals surface area contributed by atoms with Gasteiger partial charge in [-0.25, -0.2) is 0 Å². The lowest BCUT2D eigenvalue weighted by molar-refractivity contribution is -0.00318. The third kappa shape index (κ3) is 6.18. The second-order valence-corrected chi connectivity index (χ2v) is 6.24. The van der Waals surface area contributed by atoms with E-state index >= 15 is 0 Å². The predicted octanol–water partition coefficient (Wildman–Crippen LogP) is 1.43. The monoisotopic (exact) mass is 296 g/mol. The van der Waals surface area contributed by atoms with Gasteiger partial charge in [0, 0.05) is 39.3 Å². The molecule has 1 aliphatic heterocycles. The Morgan fingerprint density at radius 1 is 1.19 bits per heavy atom. The summed E-state index contributed by atoms with van der Waals surface area (Å²) >= 11 is 0. The molecule has 1 aromatic heterocycles. The summed E-state index contributed by atoms with van der Waals surface area (Å²) in [6, 6.07) is 3.71. The first-order chi connectivity index (χ1) is 10.1. The van der Waals surface area contributed by atoms with Crippen LogP contribution in [0.2, 0.25) is 0 Å². The highest BCUT2D eigenvalue weighted by Gasteiger charge is 2.19. The van der Waals surface area contributed by atoms with Crippen LogP contribution in [0.15, 0.2) is 22.8 Å². The van der Waals surface area contributed by atoms with Crippen molar-refractivity contribution >= 4 is 0 Å². The van der Waals surface area contributed by atoms with E-state index in [0.717, 1.165) is 37.9 Å². The number of β-amino-alcohol motifs (C(OH)–C–C–N with tert-alkyl or cyclic N) is 1. The van der Waals surface area contributed by atoms with Crippen molar-refractivity contribution in [2.75, 3.05) is 45.9 Å². The van der Waals surface area contributed by atoms with Gasteiger partial charge < -0.3 is 19.2 Å². The molecule has 0 aliphatic carbocycles. The Kier molecular flexibility index (Phi) is 6.70. The molecule has 2 rings (SSSR count). The molecule has 5 heteroatoms. The molecule has 2 heterocycles. The van der Waals surface area contributed by atoms with Gasteiger partial charge in [0.05, 0.1) is 19.0 Å². The van der Waals surface area contributed by atoms with Gasteiger partial charge in [0.2, 0.25) is 0 Å². The molecular weight excluding hydrogens is 268 g/mol. The van der Waals surface area contributed by atoms with E-state index < -0.39 is 6.10 Å². The Balaban J connectivity index is 1.57. The van der Waals surface area contributed by atoms with Crippen molar-refractivity contribution in [3.8, 4) is 0 Å². The quantitative estimate of drug-likeness (QED) is 0.786.